The predicted molar refractivity (Wildman–Crippen MR) is 59.7 cm³/mol. The zero-order chi connectivity index (χ0) is 12.8. The van der Waals surface area contributed by atoms with Gasteiger partial charge in [0.15, 0.2) is 6.04 Å². The molecule has 0 aromatic carbocycles. The van der Waals surface area contributed by atoms with E-state index in [9.17, 15) is 9.59 Å². The Morgan fingerprint density at radius 1 is 1.59 bits per heavy atom. The lowest BCUT2D eigenvalue weighted by molar-refractivity contribution is -0.140. The molecule has 0 aliphatic heterocycles. The summed E-state index contributed by atoms with van der Waals surface area (Å²) in [4.78, 5) is 27.3. The number of amides is 2. The number of aromatic nitrogens is 1. The van der Waals surface area contributed by atoms with E-state index in [1.807, 2.05) is 0 Å². The average Bonchev–Trinajstić information content (AvgIpc) is 2.35. The van der Waals surface area contributed by atoms with Gasteiger partial charge in [0.1, 0.15) is 0 Å². The van der Waals surface area contributed by atoms with Gasteiger partial charge < -0.3 is 15.5 Å². The summed E-state index contributed by atoms with van der Waals surface area (Å²) in [7, 11) is 1.47. The van der Waals surface area contributed by atoms with Crippen molar-refractivity contribution in [3.8, 4) is 0 Å². The second-order valence-corrected chi connectivity index (χ2v) is 3.29. The Labute approximate surface area is 97.7 Å². The lowest BCUT2D eigenvalue weighted by Crippen LogP contribution is -2.48. The molecule has 0 bridgehead atoms. The Morgan fingerprint density at radius 3 is 2.76 bits per heavy atom. The van der Waals surface area contributed by atoms with Crippen LogP contribution in [0.5, 0.6) is 0 Å². The van der Waals surface area contributed by atoms with Gasteiger partial charge in [-0.2, -0.15) is 0 Å². The van der Waals surface area contributed by atoms with Crippen LogP contribution in [-0.2, 0) is 4.79 Å². The lowest BCUT2D eigenvalue weighted by Gasteiger charge is -2.20. The largest absolute Gasteiger partial charge is 0.480 e. The molecule has 2 amide bonds. The lowest BCUT2D eigenvalue weighted by atomic mass is 10.3. The van der Waals surface area contributed by atoms with E-state index in [-0.39, 0.29) is 0 Å². The normalized spacial score (nSPS) is 11.6. The van der Waals surface area contributed by atoms with Crippen LogP contribution in [0.4, 0.5) is 10.5 Å². The fraction of sp³-hybridized carbons (Fsp3) is 0.300. The fourth-order valence-corrected chi connectivity index (χ4v) is 1.10. The molecule has 0 spiro atoms. The van der Waals surface area contributed by atoms with Crippen LogP contribution in [-0.4, -0.2) is 46.9 Å². The van der Waals surface area contributed by atoms with Crippen molar-refractivity contribution < 1.29 is 19.8 Å². The molecule has 1 rings (SSSR count). The summed E-state index contributed by atoms with van der Waals surface area (Å²) in [5.41, 5.74) is 0.520. The number of carbonyl (C=O) groups is 2. The van der Waals surface area contributed by atoms with Crippen molar-refractivity contribution in [3.63, 3.8) is 0 Å². The van der Waals surface area contributed by atoms with Gasteiger partial charge in [0, 0.05) is 13.2 Å². The Hall–Kier alpha value is -2.15. The number of aliphatic hydroxyl groups excluding tert-OH is 1. The van der Waals surface area contributed by atoms with E-state index >= 15 is 0 Å². The maximum absolute atomic E-state index is 11.6. The fourth-order valence-electron chi connectivity index (χ4n) is 1.10. The second kappa shape index (κ2) is 5.80. The number of hydrogen-bond acceptors (Lipinski definition) is 4. The van der Waals surface area contributed by atoms with Crippen molar-refractivity contribution >= 4 is 17.7 Å². The molecule has 1 aromatic rings. The highest BCUT2D eigenvalue weighted by atomic mass is 16.4. The summed E-state index contributed by atoms with van der Waals surface area (Å²) >= 11 is 0. The third kappa shape index (κ3) is 3.42. The predicted octanol–water partition coefficient (Wildman–Crippen LogP) is -0.327. The standard InChI is InChI=1S/C10H13N3O4/c1-13(7-3-2-4-11-5-7)10(17)12-8(6-14)9(15)16/h2-5,8,14H,6H2,1H3,(H,12,17)(H,15,16). The summed E-state index contributed by atoms with van der Waals surface area (Å²) in [5.74, 6) is -1.29. The second-order valence-electron chi connectivity index (χ2n) is 3.29. The smallest absolute Gasteiger partial charge is 0.328 e. The van der Waals surface area contributed by atoms with Crippen LogP contribution in [0.1, 0.15) is 0 Å². The van der Waals surface area contributed by atoms with Gasteiger partial charge in [-0.3, -0.25) is 9.88 Å². The molecule has 1 atom stereocenters. The maximum atomic E-state index is 11.6. The molecule has 0 radical (unpaired) electrons. The van der Waals surface area contributed by atoms with Crippen molar-refractivity contribution in [1.82, 2.24) is 10.3 Å². The number of carboxylic acid groups (broad SMARTS) is 1. The number of carboxylic acids is 1. The summed E-state index contributed by atoms with van der Waals surface area (Å²) in [6, 6.07) is 1.36. The highest BCUT2D eigenvalue weighted by molar-refractivity contribution is 5.93. The molecule has 0 saturated heterocycles. The zero-order valence-electron chi connectivity index (χ0n) is 9.20. The first-order valence-corrected chi connectivity index (χ1v) is 4.84. The van der Waals surface area contributed by atoms with E-state index in [0.717, 1.165) is 0 Å². The zero-order valence-corrected chi connectivity index (χ0v) is 9.20. The number of nitrogens with one attached hydrogen (secondary N) is 1. The molecule has 3 N–H and O–H groups in total. The van der Waals surface area contributed by atoms with Gasteiger partial charge >= 0.3 is 12.0 Å². The number of rotatable bonds is 4. The Kier molecular flexibility index (Phi) is 4.41. The molecule has 7 nitrogen and oxygen atoms in total. The van der Waals surface area contributed by atoms with Gasteiger partial charge in [0.25, 0.3) is 0 Å². The third-order valence-corrected chi connectivity index (χ3v) is 2.12. The van der Waals surface area contributed by atoms with Crippen molar-refractivity contribution in [3.05, 3.63) is 24.5 Å². The first kappa shape index (κ1) is 12.9. The van der Waals surface area contributed by atoms with Gasteiger partial charge in [0.2, 0.25) is 0 Å². The van der Waals surface area contributed by atoms with Crippen LogP contribution >= 0.6 is 0 Å². The van der Waals surface area contributed by atoms with Crippen LogP contribution in [0.25, 0.3) is 0 Å². The molecule has 0 fully saturated rings. The number of hydrogen-bond donors (Lipinski definition) is 3. The molecule has 1 unspecified atom stereocenters. The van der Waals surface area contributed by atoms with Crippen LogP contribution in [0.3, 0.4) is 0 Å². The van der Waals surface area contributed by atoms with Crippen molar-refractivity contribution in [2.45, 2.75) is 6.04 Å². The minimum absolute atomic E-state index is 0.520. The summed E-state index contributed by atoms with van der Waals surface area (Å²) in [5, 5.41) is 19.6. The highest BCUT2D eigenvalue weighted by Gasteiger charge is 2.21. The van der Waals surface area contributed by atoms with Crippen molar-refractivity contribution in [2.75, 3.05) is 18.6 Å². The van der Waals surface area contributed by atoms with Crippen LogP contribution in [0, 0.1) is 0 Å². The monoisotopic (exact) mass is 239 g/mol. The first-order chi connectivity index (χ1) is 8.06. The van der Waals surface area contributed by atoms with Crippen LogP contribution < -0.4 is 10.2 Å². The number of nitrogens with zero attached hydrogens (tertiary/aromatic N) is 2. The molecule has 7 heteroatoms. The molecule has 0 aliphatic rings. The first-order valence-electron chi connectivity index (χ1n) is 4.84. The average molecular weight is 239 g/mol. The van der Waals surface area contributed by atoms with E-state index in [0.29, 0.717) is 5.69 Å². The van der Waals surface area contributed by atoms with E-state index in [4.69, 9.17) is 10.2 Å². The van der Waals surface area contributed by atoms with Crippen LogP contribution in [0.2, 0.25) is 0 Å². The molecule has 92 valence electrons. The minimum atomic E-state index is -1.32. The number of anilines is 1. The highest BCUT2D eigenvalue weighted by Crippen LogP contribution is 2.09. The van der Waals surface area contributed by atoms with Crippen molar-refractivity contribution in [1.29, 1.82) is 0 Å². The molecule has 17 heavy (non-hydrogen) atoms. The van der Waals surface area contributed by atoms with Gasteiger partial charge in [-0.1, -0.05) is 0 Å². The molecule has 0 aliphatic carbocycles. The summed E-state index contributed by atoms with van der Waals surface area (Å²) in [6.07, 6.45) is 3.03. The number of urea groups is 1. The molecule has 1 aromatic heterocycles. The van der Waals surface area contributed by atoms with Crippen molar-refractivity contribution in [2.24, 2.45) is 0 Å². The minimum Gasteiger partial charge on any atom is -0.480 e. The third-order valence-electron chi connectivity index (χ3n) is 2.12. The summed E-state index contributed by atoms with van der Waals surface area (Å²) in [6.45, 7) is -0.665. The topological polar surface area (TPSA) is 103 Å². The van der Waals surface area contributed by atoms with Gasteiger partial charge in [0.05, 0.1) is 18.5 Å². The SMILES string of the molecule is CN(C(=O)NC(CO)C(=O)O)c1cccnc1. The molecule has 0 saturated carbocycles. The van der Waals surface area contributed by atoms with Gasteiger partial charge in [-0.25, -0.2) is 9.59 Å². The Bertz CT molecular complexity index is 396. The molecular weight excluding hydrogens is 226 g/mol. The van der Waals surface area contributed by atoms with E-state index in [1.165, 1.54) is 18.1 Å². The summed E-state index contributed by atoms with van der Waals surface area (Å²) < 4.78 is 0. The quantitative estimate of drug-likeness (QED) is 0.667. The van der Waals surface area contributed by atoms with E-state index in [2.05, 4.69) is 10.3 Å². The van der Waals surface area contributed by atoms with Gasteiger partial charge in [-0.05, 0) is 12.1 Å². The van der Waals surface area contributed by atoms with E-state index < -0.39 is 24.6 Å². The Balaban J connectivity index is 2.68. The molecular formula is C10H13N3O4. The Morgan fingerprint density at radius 2 is 2.29 bits per heavy atom. The van der Waals surface area contributed by atoms with Crippen LogP contribution in [0.15, 0.2) is 24.5 Å². The maximum Gasteiger partial charge on any atom is 0.328 e. The van der Waals surface area contributed by atoms with E-state index in [1.54, 1.807) is 18.3 Å². The number of aliphatic hydroxyl groups is 1. The number of pyridine rings is 1. The van der Waals surface area contributed by atoms with Gasteiger partial charge in [-0.15, -0.1) is 0 Å². The molecule has 1 heterocycles. The number of aliphatic carboxylic acids is 1. The number of carbonyl (C=O) groups excluding carboxylic acids is 1.